The molecule has 2 atom stereocenters. The minimum atomic E-state index is -0.464. The first-order valence-electron chi connectivity index (χ1n) is 12.1. The molecule has 0 saturated carbocycles. The Kier molecular flexibility index (Phi) is 10.1. The van der Waals surface area contributed by atoms with Gasteiger partial charge in [0.05, 0.1) is 34.4 Å². The average Bonchev–Trinajstić information content (AvgIpc) is 2.92. The molecule has 0 aliphatic heterocycles. The van der Waals surface area contributed by atoms with Crippen LogP contribution in [0.2, 0.25) is 0 Å². The summed E-state index contributed by atoms with van der Waals surface area (Å²) in [4.78, 5) is 12.7. The Hall–Kier alpha value is -4.11. The summed E-state index contributed by atoms with van der Waals surface area (Å²) in [6, 6.07) is 14.7. The summed E-state index contributed by atoms with van der Waals surface area (Å²) in [6.45, 7) is -0.131. The van der Waals surface area contributed by atoms with Crippen molar-refractivity contribution in [3.05, 3.63) is 71.3 Å². The largest absolute Gasteiger partial charge is 0.504 e. The third-order valence-corrected chi connectivity index (χ3v) is 6.44. The van der Waals surface area contributed by atoms with E-state index in [-0.39, 0.29) is 54.5 Å². The lowest BCUT2D eigenvalue weighted by atomic mass is 9.83. The maximum atomic E-state index is 12.7. The topological polar surface area (TPSA) is 135 Å². The molecule has 0 aromatic heterocycles. The predicted molar refractivity (Wildman–Crippen MR) is 140 cm³/mol. The first kappa shape index (κ1) is 28.5. The van der Waals surface area contributed by atoms with E-state index in [1.54, 1.807) is 36.4 Å². The van der Waals surface area contributed by atoms with Crippen molar-refractivity contribution < 1.29 is 44.2 Å². The van der Waals surface area contributed by atoms with Crippen molar-refractivity contribution in [2.24, 2.45) is 11.8 Å². The van der Waals surface area contributed by atoms with Gasteiger partial charge in [-0.15, -0.1) is 0 Å². The molecule has 0 radical (unpaired) electrons. The number of phenolic OH excluding ortho intramolecular Hbond substituents is 3. The van der Waals surface area contributed by atoms with Crippen LogP contribution in [0, 0.1) is 11.8 Å². The highest BCUT2D eigenvalue weighted by Crippen LogP contribution is 2.32. The fraction of sp³-hybridized carbons (Fsp3) is 0.345. The van der Waals surface area contributed by atoms with Gasteiger partial charge in [0.2, 0.25) is 0 Å². The zero-order valence-corrected chi connectivity index (χ0v) is 21.7. The quantitative estimate of drug-likeness (QED) is 0.246. The number of ether oxygens (including phenoxy) is 4. The van der Waals surface area contributed by atoms with Crippen LogP contribution in [0.25, 0.3) is 0 Å². The van der Waals surface area contributed by atoms with E-state index in [9.17, 15) is 25.2 Å². The zero-order chi connectivity index (χ0) is 27.7. The van der Waals surface area contributed by atoms with Crippen LogP contribution in [0.5, 0.6) is 34.5 Å². The van der Waals surface area contributed by atoms with Crippen molar-refractivity contribution in [2.75, 3.05) is 34.5 Å². The molecule has 0 amide bonds. The molecule has 0 fully saturated rings. The van der Waals surface area contributed by atoms with Gasteiger partial charge in [-0.05, 0) is 71.8 Å². The lowest BCUT2D eigenvalue weighted by molar-refractivity contribution is -0.145. The Morgan fingerprint density at radius 3 is 1.55 bits per heavy atom. The Labute approximate surface area is 221 Å². The van der Waals surface area contributed by atoms with E-state index in [4.69, 9.17) is 18.9 Å². The number of hydrogen-bond donors (Lipinski definition) is 4. The second-order valence-corrected chi connectivity index (χ2v) is 8.99. The molecule has 38 heavy (non-hydrogen) atoms. The van der Waals surface area contributed by atoms with Crippen LogP contribution in [0.4, 0.5) is 0 Å². The Morgan fingerprint density at radius 1 is 0.684 bits per heavy atom. The number of aliphatic hydroxyl groups excluding tert-OH is 1. The normalized spacial score (nSPS) is 12.4. The van der Waals surface area contributed by atoms with E-state index in [1.807, 2.05) is 0 Å². The zero-order valence-electron chi connectivity index (χ0n) is 21.7. The molecule has 3 aromatic rings. The number of aliphatic hydroxyl groups is 1. The van der Waals surface area contributed by atoms with Gasteiger partial charge in [0.15, 0.2) is 34.5 Å². The van der Waals surface area contributed by atoms with Crippen LogP contribution in [0.1, 0.15) is 16.7 Å². The molecule has 0 aliphatic carbocycles. The fourth-order valence-electron chi connectivity index (χ4n) is 4.30. The van der Waals surface area contributed by atoms with Gasteiger partial charge in [-0.2, -0.15) is 0 Å². The smallest absolute Gasteiger partial charge is 0.310 e. The van der Waals surface area contributed by atoms with Gasteiger partial charge in [-0.3, -0.25) is 4.79 Å². The molecular formula is C29H34O9. The van der Waals surface area contributed by atoms with Crippen LogP contribution in [-0.2, 0) is 28.8 Å². The van der Waals surface area contributed by atoms with Crippen molar-refractivity contribution in [1.29, 1.82) is 0 Å². The van der Waals surface area contributed by atoms with Gasteiger partial charge in [-0.25, -0.2) is 0 Å². The van der Waals surface area contributed by atoms with E-state index >= 15 is 0 Å². The third kappa shape index (κ3) is 7.45. The number of carbonyl (C=O) groups excluding carboxylic acids is 1. The minimum Gasteiger partial charge on any atom is -0.504 e. The van der Waals surface area contributed by atoms with Gasteiger partial charge in [-0.1, -0.05) is 18.2 Å². The summed E-state index contributed by atoms with van der Waals surface area (Å²) in [6.07, 6.45) is 0.868. The van der Waals surface area contributed by atoms with E-state index in [0.717, 1.165) is 11.1 Å². The lowest BCUT2D eigenvalue weighted by Crippen LogP contribution is -2.29. The molecular weight excluding hydrogens is 492 g/mol. The molecule has 204 valence electrons. The van der Waals surface area contributed by atoms with Crippen molar-refractivity contribution in [2.45, 2.75) is 19.3 Å². The maximum absolute atomic E-state index is 12.7. The minimum absolute atomic E-state index is 0.0125. The summed E-state index contributed by atoms with van der Waals surface area (Å²) in [5.41, 5.74) is 2.31. The molecule has 0 saturated heterocycles. The van der Waals surface area contributed by atoms with Gasteiger partial charge < -0.3 is 39.4 Å². The molecule has 0 bridgehead atoms. The number of carbonyl (C=O) groups is 1. The van der Waals surface area contributed by atoms with Crippen LogP contribution in [-0.4, -0.2) is 60.9 Å². The molecule has 0 heterocycles. The van der Waals surface area contributed by atoms with Crippen LogP contribution >= 0.6 is 0 Å². The first-order valence-corrected chi connectivity index (χ1v) is 12.1. The summed E-state index contributed by atoms with van der Waals surface area (Å²) in [5, 5.41) is 40.0. The lowest BCUT2D eigenvalue weighted by Gasteiger charge is -2.26. The molecule has 0 unspecified atom stereocenters. The molecule has 9 nitrogen and oxygen atoms in total. The second-order valence-electron chi connectivity index (χ2n) is 8.99. The Morgan fingerprint density at radius 2 is 1.11 bits per heavy atom. The molecule has 4 N–H and O–H groups in total. The van der Waals surface area contributed by atoms with Crippen molar-refractivity contribution in [3.8, 4) is 34.5 Å². The second kappa shape index (κ2) is 13.4. The van der Waals surface area contributed by atoms with Crippen molar-refractivity contribution in [1.82, 2.24) is 0 Å². The molecule has 0 aliphatic rings. The number of aromatic hydroxyl groups is 3. The van der Waals surface area contributed by atoms with Gasteiger partial charge in [0.1, 0.15) is 0 Å². The van der Waals surface area contributed by atoms with E-state index < -0.39 is 5.97 Å². The van der Waals surface area contributed by atoms with Crippen molar-refractivity contribution in [3.63, 3.8) is 0 Å². The predicted octanol–water partition coefficient (Wildman–Crippen LogP) is 3.63. The number of phenols is 3. The molecule has 9 heteroatoms. The highest BCUT2D eigenvalue weighted by atomic mass is 16.5. The van der Waals surface area contributed by atoms with Crippen LogP contribution in [0.15, 0.2) is 54.6 Å². The standard InChI is InChI=1S/C29H34O9/c1-35-26-12-18(4-7-23(26)31)10-21(16-30)22(11-19-5-8-24(32)27(13-19)36-2)17-38-29(34)15-20-6-9-25(33)28(14-20)37-3/h4-9,12-14,21-22,30-33H,10-11,15-17H2,1-3H3/t21-,22-/m0/s1. The highest BCUT2D eigenvalue weighted by molar-refractivity contribution is 5.73. The highest BCUT2D eigenvalue weighted by Gasteiger charge is 2.25. The van der Waals surface area contributed by atoms with Gasteiger partial charge in [0, 0.05) is 12.5 Å². The first-order chi connectivity index (χ1) is 18.3. The summed E-state index contributed by atoms with van der Waals surface area (Å²) in [5.74, 6) is -0.127. The van der Waals surface area contributed by atoms with E-state index in [2.05, 4.69) is 0 Å². The van der Waals surface area contributed by atoms with Gasteiger partial charge in [0.25, 0.3) is 0 Å². The molecule has 0 spiro atoms. The van der Waals surface area contributed by atoms with Crippen molar-refractivity contribution >= 4 is 5.97 Å². The maximum Gasteiger partial charge on any atom is 0.310 e. The fourth-order valence-corrected chi connectivity index (χ4v) is 4.30. The monoisotopic (exact) mass is 526 g/mol. The van der Waals surface area contributed by atoms with Gasteiger partial charge >= 0.3 is 5.97 Å². The summed E-state index contributed by atoms with van der Waals surface area (Å²) in [7, 11) is 4.36. The van der Waals surface area contributed by atoms with E-state index in [1.165, 1.54) is 39.5 Å². The van der Waals surface area contributed by atoms with Crippen LogP contribution in [0.3, 0.4) is 0 Å². The molecule has 3 rings (SSSR count). The summed E-state index contributed by atoms with van der Waals surface area (Å²) < 4.78 is 21.2. The number of methoxy groups -OCH3 is 3. The van der Waals surface area contributed by atoms with Crippen LogP contribution < -0.4 is 14.2 Å². The third-order valence-electron chi connectivity index (χ3n) is 6.44. The summed E-state index contributed by atoms with van der Waals surface area (Å²) >= 11 is 0. The number of rotatable bonds is 13. The number of benzene rings is 3. The number of hydrogen-bond acceptors (Lipinski definition) is 9. The number of esters is 1. The Balaban J connectivity index is 1.79. The van der Waals surface area contributed by atoms with E-state index in [0.29, 0.717) is 29.9 Å². The average molecular weight is 527 g/mol. The molecule has 3 aromatic carbocycles. The SMILES string of the molecule is COc1cc(CC(=O)OC[C@H](Cc2ccc(O)c(OC)c2)[C@H](CO)Cc2ccc(O)c(OC)c2)ccc1O. The Bertz CT molecular complexity index is 1220.